The first-order valence-electron chi connectivity index (χ1n) is 4.87. The summed E-state index contributed by atoms with van der Waals surface area (Å²) in [4.78, 5) is 2.53. The zero-order valence-corrected chi connectivity index (χ0v) is 8.89. The lowest BCUT2D eigenvalue weighted by atomic mass is 9.89. The molecule has 1 heterocycles. The van der Waals surface area contributed by atoms with Crippen LogP contribution in [0.25, 0.3) is 10.4 Å². The summed E-state index contributed by atoms with van der Waals surface area (Å²) >= 11 is 0. The largest absolute Gasteiger partial charge is 0.390 e. The summed E-state index contributed by atoms with van der Waals surface area (Å²) in [5.41, 5.74) is 8.36. The Hall–Kier alpha value is -1.11. The molecule has 5 atom stereocenters. The molecule has 0 spiro atoms. The number of ether oxygens (including phenoxy) is 1. The van der Waals surface area contributed by atoms with Gasteiger partial charge in [0.05, 0.1) is 12.2 Å². The first-order valence-corrected chi connectivity index (χ1v) is 4.87. The molecule has 0 aromatic rings. The van der Waals surface area contributed by atoms with Gasteiger partial charge >= 0.3 is 0 Å². The van der Waals surface area contributed by atoms with E-state index in [0.29, 0.717) is 0 Å². The van der Waals surface area contributed by atoms with Crippen molar-refractivity contribution in [2.24, 2.45) is 5.11 Å². The maximum Gasteiger partial charge on any atom is 0.180 e. The van der Waals surface area contributed by atoms with Gasteiger partial charge in [0.25, 0.3) is 0 Å². The third-order valence-electron chi connectivity index (χ3n) is 2.62. The highest BCUT2D eigenvalue weighted by Gasteiger charge is 2.50. The van der Waals surface area contributed by atoms with Crippen LogP contribution in [0.15, 0.2) is 17.8 Å². The molecule has 0 radical (unpaired) electrons. The number of aliphatic hydroxyl groups excluding tert-OH is 2. The normalized spacial score (nSPS) is 43.5. The van der Waals surface area contributed by atoms with E-state index in [1.165, 1.54) is 13.0 Å². The Bertz CT molecular complexity index is 318. The summed E-state index contributed by atoms with van der Waals surface area (Å²) < 4.78 is 5.17. The van der Waals surface area contributed by atoms with Gasteiger partial charge in [-0.25, -0.2) is 0 Å². The van der Waals surface area contributed by atoms with Gasteiger partial charge in [-0.3, -0.25) is 0 Å². The van der Waals surface area contributed by atoms with Gasteiger partial charge in [-0.2, -0.15) is 0 Å². The van der Waals surface area contributed by atoms with E-state index < -0.39 is 30.1 Å². The summed E-state index contributed by atoms with van der Waals surface area (Å²) in [6.45, 7) is 4.95. The predicted octanol–water partition coefficient (Wildman–Crippen LogP) is 0.0705. The maximum atomic E-state index is 10.1. The molecule has 16 heavy (non-hydrogen) atoms. The van der Waals surface area contributed by atoms with Crippen LogP contribution in [0.3, 0.4) is 0 Å². The molecule has 0 amide bonds. The van der Waals surface area contributed by atoms with E-state index in [-0.39, 0.29) is 6.42 Å². The predicted molar refractivity (Wildman–Crippen MR) is 55.3 cm³/mol. The molecule has 1 rings (SSSR count). The standard InChI is InChI=1S/C9H15N3O4/c1-3-4-9(15)8(11-12-10)7(14)6(13)5(2)16-9/h3,5-8,13-15H,1,4H2,2H3/t5-,6+,7+,8-,9-/m0/s1. The average molecular weight is 229 g/mol. The van der Waals surface area contributed by atoms with Crippen molar-refractivity contribution in [3.8, 4) is 0 Å². The summed E-state index contributed by atoms with van der Waals surface area (Å²) in [7, 11) is 0. The van der Waals surface area contributed by atoms with E-state index in [9.17, 15) is 15.3 Å². The van der Waals surface area contributed by atoms with Crippen LogP contribution in [0.4, 0.5) is 0 Å². The monoisotopic (exact) mass is 229 g/mol. The average Bonchev–Trinajstić information content (AvgIpc) is 2.22. The topological polar surface area (TPSA) is 119 Å². The molecule has 1 aliphatic rings. The van der Waals surface area contributed by atoms with E-state index in [2.05, 4.69) is 16.6 Å². The molecular weight excluding hydrogens is 214 g/mol. The van der Waals surface area contributed by atoms with Crippen molar-refractivity contribution in [3.63, 3.8) is 0 Å². The van der Waals surface area contributed by atoms with Crippen LogP contribution in [0.2, 0.25) is 0 Å². The van der Waals surface area contributed by atoms with E-state index in [1.54, 1.807) is 0 Å². The number of rotatable bonds is 3. The molecule has 0 aromatic carbocycles. The van der Waals surface area contributed by atoms with Crippen LogP contribution in [-0.4, -0.2) is 45.5 Å². The molecule has 0 saturated carbocycles. The van der Waals surface area contributed by atoms with Crippen molar-refractivity contribution in [2.45, 2.75) is 43.5 Å². The van der Waals surface area contributed by atoms with Crippen molar-refractivity contribution < 1.29 is 20.1 Å². The van der Waals surface area contributed by atoms with E-state index >= 15 is 0 Å². The highest BCUT2D eigenvalue weighted by atomic mass is 16.6. The Kier molecular flexibility index (Phi) is 3.90. The van der Waals surface area contributed by atoms with Gasteiger partial charge in [-0.05, 0) is 12.5 Å². The molecule has 7 heteroatoms. The highest BCUT2D eigenvalue weighted by Crippen LogP contribution is 2.33. The van der Waals surface area contributed by atoms with Gasteiger partial charge in [-0.1, -0.05) is 11.2 Å². The Labute approximate surface area is 92.6 Å². The Morgan fingerprint density at radius 3 is 2.69 bits per heavy atom. The highest BCUT2D eigenvalue weighted by molar-refractivity contribution is 5.01. The Balaban J connectivity index is 3.04. The maximum absolute atomic E-state index is 10.1. The Morgan fingerprint density at radius 2 is 2.19 bits per heavy atom. The number of hydrogen-bond donors (Lipinski definition) is 3. The number of azide groups is 1. The molecule has 90 valence electrons. The van der Waals surface area contributed by atoms with Crippen LogP contribution in [0, 0.1) is 0 Å². The van der Waals surface area contributed by atoms with Crippen LogP contribution in [-0.2, 0) is 4.74 Å². The molecule has 0 bridgehead atoms. The third-order valence-corrected chi connectivity index (χ3v) is 2.62. The zero-order chi connectivity index (χ0) is 12.3. The van der Waals surface area contributed by atoms with Crippen molar-refractivity contribution in [1.29, 1.82) is 0 Å². The van der Waals surface area contributed by atoms with Gasteiger partial charge < -0.3 is 20.1 Å². The van der Waals surface area contributed by atoms with Crippen LogP contribution < -0.4 is 0 Å². The third kappa shape index (κ3) is 2.18. The fourth-order valence-corrected chi connectivity index (χ4v) is 1.78. The van der Waals surface area contributed by atoms with Crippen LogP contribution in [0.5, 0.6) is 0 Å². The second kappa shape index (κ2) is 4.82. The lowest BCUT2D eigenvalue weighted by molar-refractivity contribution is -0.303. The lowest BCUT2D eigenvalue weighted by Gasteiger charge is -2.45. The number of aliphatic hydroxyl groups is 3. The van der Waals surface area contributed by atoms with E-state index in [4.69, 9.17) is 10.3 Å². The second-order valence-electron chi connectivity index (χ2n) is 3.79. The minimum Gasteiger partial charge on any atom is -0.390 e. The molecule has 1 aliphatic heterocycles. The quantitative estimate of drug-likeness (QED) is 0.274. The molecule has 3 N–H and O–H groups in total. The smallest absolute Gasteiger partial charge is 0.180 e. The summed E-state index contributed by atoms with van der Waals surface area (Å²) in [6, 6.07) is -1.26. The van der Waals surface area contributed by atoms with Crippen LogP contribution in [0.1, 0.15) is 13.3 Å². The van der Waals surface area contributed by atoms with Gasteiger partial charge in [0, 0.05) is 11.3 Å². The Morgan fingerprint density at radius 1 is 1.56 bits per heavy atom. The summed E-state index contributed by atoms with van der Waals surface area (Å²) in [6.07, 6.45) is -1.96. The molecule has 0 aliphatic carbocycles. The summed E-state index contributed by atoms with van der Waals surface area (Å²) in [5, 5.41) is 32.6. The minimum atomic E-state index is -1.83. The van der Waals surface area contributed by atoms with Gasteiger partial charge in [-0.15, -0.1) is 6.58 Å². The first-order chi connectivity index (χ1) is 7.46. The van der Waals surface area contributed by atoms with Crippen molar-refractivity contribution >= 4 is 0 Å². The molecule has 0 unspecified atom stereocenters. The minimum absolute atomic E-state index is 0.00912. The van der Waals surface area contributed by atoms with E-state index in [1.807, 2.05) is 0 Å². The molecule has 7 nitrogen and oxygen atoms in total. The van der Waals surface area contributed by atoms with Crippen molar-refractivity contribution in [2.75, 3.05) is 0 Å². The molecular formula is C9H15N3O4. The molecule has 1 fully saturated rings. The molecule has 1 saturated heterocycles. The fourth-order valence-electron chi connectivity index (χ4n) is 1.78. The first kappa shape index (κ1) is 13.0. The van der Waals surface area contributed by atoms with Gasteiger partial charge in [0.15, 0.2) is 5.79 Å². The second-order valence-corrected chi connectivity index (χ2v) is 3.79. The molecule has 0 aromatic heterocycles. The zero-order valence-electron chi connectivity index (χ0n) is 8.89. The number of hydrogen-bond acceptors (Lipinski definition) is 5. The fraction of sp³-hybridized carbons (Fsp3) is 0.778. The van der Waals surface area contributed by atoms with Crippen molar-refractivity contribution in [3.05, 3.63) is 23.1 Å². The van der Waals surface area contributed by atoms with Crippen molar-refractivity contribution in [1.82, 2.24) is 0 Å². The van der Waals surface area contributed by atoms with Gasteiger partial charge in [0.1, 0.15) is 12.1 Å². The van der Waals surface area contributed by atoms with Crippen LogP contribution >= 0.6 is 0 Å². The summed E-state index contributed by atoms with van der Waals surface area (Å²) in [5.74, 6) is -1.83. The van der Waals surface area contributed by atoms with E-state index in [0.717, 1.165) is 0 Å². The lowest BCUT2D eigenvalue weighted by Crippen LogP contribution is -2.62. The SMILES string of the molecule is C=CC[C@]1(O)O[C@@H](C)[C@@H](O)[C@@H](O)[C@@H]1N=[N+]=[N-]. The number of nitrogens with zero attached hydrogens (tertiary/aromatic N) is 3. The van der Waals surface area contributed by atoms with Gasteiger partial charge in [0.2, 0.25) is 0 Å².